The van der Waals surface area contributed by atoms with E-state index < -0.39 is 0 Å². The molecular weight excluding hydrogens is 308 g/mol. The van der Waals surface area contributed by atoms with Gasteiger partial charge in [-0.2, -0.15) is 0 Å². The molecule has 6 heteroatoms. The van der Waals surface area contributed by atoms with Gasteiger partial charge in [0.1, 0.15) is 38.4 Å². The third-order valence-electron chi connectivity index (χ3n) is 5.99. The van der Waals surface area contributed by atoms with E-state index in [0.717, 1.165) is 65.1 Å². The standard InChI is InChI=1S/C18H32N2O4/c1-2-6-17(5-1)21-13-15(23-17)11-19-9-10-20-12-16-14-22-18(24-16)7-3-4-8-18/h15-16,19-20H,1-14H2/p+2/t15-,16+. The minimum absolute atomic E-state index is 0.208. The molecule has 4 aliphatic rings. The first-order chi connectivity index (χ1) is 11.8. The van der Waals surface area contributed by atoms with Crippen LogP contribution in [0.4, 0.5) is 0 Å². The summed E-state index contributed by atoms with van der Waals surface area (Å²) in [7, 11) is 0. The van der Waals surface area contributed by atoms with Gasteiger partial charge in [-0.25, -0.2) is 0 Å². The fourth-order valence-corrected chi connectivity index (χ4v) is 4.66. The van der Waals surface area contributed by atoms with Gasteiger partial charge in [0.2, 0.25) is 0 Å². The lowest BCUT2D eigenvalue weighted by Crippen LogP contribution is -2.96. The molecule has 4 rings (SSSR count). The average molecular weight is 342 g/mol. The van der Waals surface area contributed by atoms with E-state index in [4.69, 9.17) is 18.9 Å². The predicted octanol–water partition coefficient (Wildman–Crippen LogP) is -0.515. The van der Waals surface area contributed by atoms with Crippen molar-refractivity contribution in [3.05, 3.63) is 0 Å². The molecule has 2 aliphatic heterocycles. The van der Waals surface area contributed by atoms with E-state index in [0.29, 0.717) is 0 Å². The maximum absolute atomic E-state index is 6.15. The molecule has 4 fully saturated rings. The average Bonchev–Trinajstić information content (AvgIpc) is 3.37. The lowest BCUT2D eigenvalue weighted by atomic mass is 10.2. The van der Waals surface area contributed by atoms with Crippen LogP contribution in [0, 0.1) is 0 Å². The SMILES string of the molecule is C1CCC2(C1)OC[C@@H](C[NH2+]CC[NH2+]C[C@H]1COC3(CCCC3)O1)O2. The molecule has 2 heterocycles. The van der Waals surface area contributed by atoms with E-state index in [1.807, 2.05) is 0 Å². The van der Waals surface area contributed by atoms with Crippen molar-refractivity contribution >= 4 is 0 Å². The van der Waals surface area contributed by atoms with Crippen molar-refractivity contribution in [1.29, 1.82) is 0 Å². The van der Waals surface area contributed by atoms with Crippen LogP contribution in [0.15, 0.2) is 0 Å². The Morgan fingerprint density at radius 1 is 0.667 bits per heavy atom. The van der Waals surface area contributed by atoms with Gasteiger partial charge in [0.15, 0.2) is 11.6 Å². The number of rotatable bonds is 7. The quantitative estimate of drug-likeness (QED) is 0.611. The molecule has 2 spiro atoms. The second kappa shape index (κ2) is 7.56. The van der Waals surface area contributed by atoms with E-state index >= 15 is 0 Å². The summed E-state index contributed by atoms with van der Waals surface area (Å²) in [4.78, 5) is 0. The van der Waals surface area contributed by atoms with Gasteiger partial charge < -0.3 is 29.6 Å². The van der Waals surface area contributed by atoms with Gasteiger partial charge in [-0.1, -0.05) is 0 Å². The monoisotopic (exact) mass is 342 g/mol. The molecule has 2 saturated carbocycles. The molecule has 0 aromatic rings. The zero-order chi connectivity index (χ0) is 16.3. The van der Waals surface area contributed by atoms with Crippen molar-refractivity contribution in [3.8, 4) is 0 Å². The summed E-state index contributed by atoms with van der Waals surface area (Å²) in [6.07, 6.45) is 9.89. The van der Waals surface area contributed by atoms with Gasteiger partial charge >= 0.3 is 0 Å². The van der Waals surface area contributed by atoms with Crippen molar-refractivity contribution in [2.45, 2.75) is 75.1 Å². The first kappa shape index (κ1) is 17.2. The Hall–Kier alpha value is -0.240. The third-order valence-corrected chi connectivity index (χ3v) is 5.99. The van der Waals surface area contributed by atoms with Gasteiger partial charge in [0.25, 0.3) is 0 Å². The Balaban J connectivity index is 1.04. The molecule has 2 aliphatic carbocycles. The van der Waals surface area contributed by atoms with Crippen LogP contribution in [0.3, 0.4) is 0 Å². The number of hydrogen-bond donors (Lipinski definition) is 2. The summed E-state index contributed by atoms with van der Waals surface area (Å²) in [5.41, 5.74) is 0. The number of quaternary nitrogens is 2. The van der Waals surface area contributed by atoms with Crippen molar-refractivity contribution < 1.29 is 29.6 Å². The Labute approximate surface area is 144 Å². The lowest BCUT2D eigenvalue weighted by Gasteiger charge is -2.21. The minimum atomic E-state index is -0.208. The fourth-order valence-electron chi connectivity index (χ4n) is 4.66. The summed E-state index contributed by atoms with van der Waals surface area (Å²) in [5, 5.41) is 4.73. The molecule has 24 heavy (non-hydrogen) atoms. The highest BCUT2D eigenvalue weighted by atomic mass is 16.7. The van der Waals surface area contributed by atoms with Crippen LogP contribution in [-0.2, 0) is 18.9 Å². The van der Waals surface area contributed by atoms with E-state index in [-0.39, 0.29) is 23.8 Å². The molecule has 6 nitrogen and oxygen atoms in total. The molecule has 0 bridgehead atoms. The highest BCUT2D eigenvalue weighted by molar-refractivity contribution is 4.84. The largest absolute Gasteiger partial charge is 0.347 e. The normalized spacial score (nSPS) is 34.0. The molecule has 4 N–H and O–H groups in total. The highest BCUT2D eigenvalue weighted by Crippen LogP contribution is 2.39. The Kier molecular flexibility index (Phi) is 5.41. The van der Waals surface area contributed by atoms with Crippen LogP contribution in [0.5, 0.6) is 0 Å². The molecular formula is C18H34N2O4+2. The van der Waals surface area contributed by atoms with Crippen LogP contribution in [0.2, 0.25) is 0 Å². The molecule has 0 radical (unpaired) electrons. The smallest absolute Gasteiger partial charge is 0.169 e. The topological polar surface area (TPSA) is 70.1 Å². The van der Waals surface area contributed by atoms with Crippen molar-refractivity contribution in [2.75, 3.05) is 39.4 Å². The Bertz CT molecular complexity index is 370. The van der Waals surface area contributed by atoms with Gasteiger partial charge in [-0.05, 0) is 25.7 Å². The van der Waals surface area contributed by atoms with E-state index in [2.05, 4.69) is 10.6 Å². The lowest BCUT2D eigenvalue weighted by molar-refractivity contribution is -0.728. The number of nitrogens with two attached hydrogens (primary N) is 2. The molecule has 2 atom stereocenters. The maximum atomic E-state index is 6.15. The molecule has 0 unspecified atom stereocenters. The zero-order valence-corrected chi connectivity index (χ0v) is 14.8. The van der Waals surface area contributed by atoms with Gasteiger partial charge in [-0.3, -0.25) is 0 Å². The van der Waals surface area contributed by atoms with Crippen molar-refractivity contribution in [2.24, 2.45) is 0 Å². The molecule has 138 valence electrons. The summed E-state index contributed by atoms with van der Waals surface area (Å²) < 4.78 is 24.2. The van der Waals surface area contributed by atoms with Crippen LogP contribution in [0.1, 0.15) is 51.4 Å². The second-order valence-electron chi connectivity index (χ2n) is 7.96. The van der Waals surface area contributed by atoms with Gasteiger partial charge in [0, 0.05) is 25.7 Å². The van der Waals surface area contributed by atoms with E-state index in [1.165, 1.54) is 25.7 Å². The second-order valence-corrected chi connectivity index (χ2v) is 7.96. The van der Waals surface area contributed by atoms with Gasteiger partial charge in [0.05, 0.1) is 13.2 Å². The van der Waals surface area contributed by atoms with E-state index in [9.17, 15) is 0 Å². The number of ether oxygens (including phenoxy) is 4. The maximum Gasteiger partial charge on any atom is 0.169 e. The summed E-state index contributed by atoms with van der Waals surface area (Å²) in [5.74, 6) is -0.415. The minimum Gasteiger partial charge on any atom is -0.347 e. The zero-order valence-electron chi connectivity index (χ0n) is 14.8. The van der Waals surface area contributed by atoms with Crippen molar-refractivity contribution in [3.63, 3.8) is 0 Å². The van der Waals surface area contributed by atoms with Crippen LogP contribution in [0.25, 0.3) is 0 Å². The third kappa shape index (κ3) is 3.94. The van der Waals surface area contributed by atoms with Gasteiger partial charge in [-0.15, -0.1) is 0 Å². The first-order valence-electron chi connectivity index (χ1n) is 10.0. The molecule has 0 aromatic heterocycles. The van der Waals surface area contributed by atoms with Crippen LogP contribution >= 0.6 is 0 Å². The summed E-state index contributed by atoms with van der Waals surface area (Å²) >= 11 is 0. The summed E-state index contributed by atoms with van der Waals surface area (Å²) in [6, 6.07) is 0. The van der Waals surface area contributed by atoms with Crippen LogP contribution < -0.4 is 10.6 Å². The molecule has 2 saturated heterocycles. The van der Waals surface area contributed by atoms with E-state index in [1.54, 1.807) is 0 Å². The Morgan fingerprint density at radius 3 is 1.50 bits per heavy atom. The van der Waals surface area contributed by atoms with Crippen molar-refractivity contribution in [1.82, 2.24) is 0 Å². The first-order valence-corrected chi connectivity index (χ1v) is 10.0. The van der Waals surface area contributed by atoms with Crippen LogP contribution in [-0.4, -0.2) is 63.2 Å². The highest BCUT2D eigenvalue weighted by Gasteiger charge is 2.45. The Morgan fingerprint density at radius 2 is 1.08 bits per heavy atom. The predicted molar refractivity (Wildman–Crippen MR) is 87.4 cm³/mol. The number of hydrogen-bond acceptors (Lipinski definition) is 4. The molecule has 0 amide bonds. The molecule has 0 aromatic carbocycles. The summed E-state index contributed by atoms with van der Waals surface area (Å²) in [6.45, 7) is 5.81. The fraction of sp³-hybridized carbons (Fsp3) is 1.00.